The van der Waals surface area contributed by atoms with E-state index in [-0.39, 0.29) is 74.5 Å². The average Bonchev–Trinajstić information content (AvgIpc) is 0.866. The minimum Gasteiger partial charge on any atom is -0.507 e. The molecule has 536 valence electrons. The largest absolute Gasteiger partial charge is 0.507 e. The van der Waals surface area contributed by atoms with Gasteiger partial charge >= 0.3 is 11.9 Å². The Morgan fingerprint density at radius 2 is 1.37 bits per heavy atom. The Morgan fingerprint density at radius 3 is 2.09 bits per heavy atom. The lowest BCUT2D eigenvalue weighted by atomic mass is 9.81. The van der Waals surface area contributed by atoms with Crippen LogP contribution in [0.2, 0.25) is 0 Å². The molecule has 0 fully saturated rings. The summed E-state index contributed by atoms with van der Waals surface area (Å²) >= 11 is 0. The predicted octanol–water partition coefficient (Wildman–Crippen LogP) is 12.5. The van der Waals surface area contributed by atoms with Crippen LogP contribution in [-0.2, 0) is 55.4 Å². The van der Waals surface area contributed by atoms with Crippen LogP contribution < -0.4 is 36.2 Å². The molecule has 6 aromatic rings. The molecule has 8 N–H and O–H groups in total. The number of fused-ring (bicyclic) bond motifs is 6. The standard InChI is InChI=1S/C80H78N6O16S2/c1-9-85-64-32-25-50(103(94,95)96)41-62(64)79(2,3)70(85)20-12-10-13-21-71-80(4,5)63-42-51(104(97,98)99)26-33-65(63)86(71)36-16-11-17-37-100-46-82-44-60-66(87)34-30-57-73(52-18-14-15-19-54(52)77(90)91)58-31-35-67(88)61(75(58)102-74(57)60)45-83-76(89)48-23-28-53(59(39-48)78(92)93)72-55-27-22-47(43-81-6)38-68(55)101-69-40-49(84(7)8)24-29-56(69)72/h10,12-15,18-35,38-42,81-82H,9,11,16-17,36-37,43-46H2,1-8H3,(H4-2,83,87,88,89,90,91,92,93,94,95,96,97,98,99)/p+2. The molecule has 0 atom stereocenters. The number of anilines is 1. The van der Waals surface area contributed by atoms with E-state index in [4.69, 9.17) is 13.6 Å². The minimum absolute atomic E-state index is 0.00115. The predicted molar refractivity (Wildman–Crippen MR) is 399 cm³/mol. The van der Waals surface area contributed by atoms with Crippen molar-refractivity contribution in [1.82, 2.24) is 20.5 Å². The fourth-order valence-electron chi connectivity index (χ4n) is 14.3. The number of carboxylic acid groups (broad SMARTS) is 2. The van der Waals surface area contributed by atoms with Gasteiger partial charge in [-0.1, -0.05) is 68.5 Å². The number of benzene rings is 8. The average molecular weight is 1450 g/mol. The van der Waals surface area contributed by atoms with Crippen molar-refractivity contribution in [2.75, 3.05) is 52.5 Å². The lowest BCUT2D eigenvalue weighted by Crippen LogP contribution is -2.28. The number of ether oxygens (including phenoxy) is 1. The number of nitrogens with zero attached hydrogens (tertiary/aromatic N) is 3. The molecule has 4 aliphatic heterocycles. The second-order valence-corrected chi connectivity index (χ2v) is 29.9. The lowest BCUT2D eigenvalue weighted by Gasteiger charge is -2.25. The number of carboxylic acids is 2. The van der Waals surface area contributed by atoms with Crippen molar-refractivity contribution in [1.29, 1.82) is 0 Å². The minimum atomic E-state index is -4.51. The Labute approximate surface area is 601 Å². The van der Waals surface area contributed by atoms with Crippen LogP contribution in [0, 0.1) is 0 Å². The number of phenols is 1. The molecule has 4 heterocycles. The molecule has 0 spiro atoms. The van der Waals surface area contributed by atoms with Crippen LogP contribution in [0.15, 0.2) is 199 Å². The van der Waals surface area contributed by atoms with Crippen LogP contribution in [-0.4, -0.2) is 117 Å². The topological polar surface area (TPSA) is 319 Å². The van der Waals surface area contributed by atoms with E-state index in [1.807, 2.05) is 127 Å². The van der Waals surface area contributed by atoms with Gasteiger partial charge in [0.05, 0.1) is 56.8 Å². The Balaban J connectivity index is 0.762. The van der Waals surface area contributed by atoms with E-state index >= 15 is 0 Å². The van der Waals surface area contributed by atoms with Gasteiger partial charge in [0.15, 0.2) is 11.1 Å². The van der Waals surface area contributed by atoms with E-state index in [9.17, 15) is 60.4 Å². The number of rotatable bonds is 25. The summed E-state index contributed by atoms with van der Waals surface area (Å²) in [6.45, 7) is 11.6. The van der Waals surface area contributed by atoms with Gasteiger partial charge in [-0.15, -0.1) is 0 Å². The molecule has 0 aromatic heterocycles. The van der Waals surface area contributed by atoms with Crippen LogP contribution in [0.25, 0.3) is 66.8 Å². The molecule has 22 nitrogen and oxygen atoms in total. The maximum atomic E-state index is 14.4. The van der Waals surface area contributed by atoms with Crippen molar-refractivity contribution in [3.05, 3.63) is 236 Å². The maximum Gasteiger partial charge on any atom is 0.336 e. The van der Waals surface area contributed by atoms with Crippen LogP contribution in [0.4, 0.5) is 11.4 Å². The summed E-state index contributed by atoms with van der Waals surface area (Å²) in [6, 6.07) is 37.3. The molecule has 0 saturated carbocycles. The molecule has 104 heavy (non-hydrogen) atoms. The Bertz CT molecular complexity index is 5600. The highest BCUT2D eigenvalue weighted by atomic mass is 32.2. The number of carbonyl (C=O) groups excluding carboxylic acids is 1. The molecular weight excluding hydrogens is 1370 g/mol. The summed E-state index contributed by atoms with van der Waals surface area (Å²) in [4.78, 5) is 56.4. The molecule has 24 heteroatoms. The molecule has 0 bridgehead atoms. The molecule has 6 aromatic carbocycles. The highest BCUT2D eigenvalue weighted by molar-refractivity contribution is 7.86. The molecular formula is C80H80N6O16S2+2. The van der Waals surface area contributed by atoms with Gasteiger partial charge in [0.1, 0.15) is 49.1 Å². The van der Waals surface area contributed by atoms with Crippen LogP contribution in [0.5, 0.6) is 5.75 Å². The number of amides is 1. The molecule has 2 aliphatic carbocycles. The Hall–Kier alpha value is -10.7. The molecule has 0 unspecified atom stereocenters. The number of allylic oxidation sites excluding steroid dienone is 6. The number of likely N-dealkylation sites (N-methyl/N-ethyl adjacent to an activating group) is 1. The van der Waals surface area contributed by atoms with Crippen molar-refractivity contribution in [2.24, 2.45) is 0 Å². The van der Waals surface area contributed by atoms with Crippen LogP contribution in [0.3, 0.4) is 0 Å². The fraction of sp³-hybridized carbons (Fsp3) is 0.250. The van der Waals surface area contributed by atoms with Gasteiger partial charge in [-0.05, 0) is 154 Å². The number of nitrogens with one attached hydrogen (secondary N) is 3. The van der Waals surface area contributed by atoms with Crippen molar-refractivity contribution in [3.63, 3.8) is 0 Å². The van der Waals surface area contributed by atoms with Gasteiger partial charge in [0.25, 0.3) is 26.1 Å². The molecule has 0 saturated heterocycles. The van der Waals surface area contributed by atoms with Crippen molar-refractivity contribution >= 4 is 77.1 Å². The number of phenolic OH excluding ortho intramolecular Hbond substituents is 1. The Kier molecular flexibility index (Phi) is 20.5. The smallest absolute Gasteiger partial charge is 0.336 e. The summed E-state index contributed by atoms with van der Waals surface area (Å²) in [7, 11) is -3.28. The quantitative estimate of drug-likeness (QED) is 0.00658. The molecule has 6 aliphatic rings. The van der Waals surface area contributed by atoms with Gasteiger partial charge < -0.3 is 44.4 Å². The van der Waals surface area contributed by atoms with Crippen molar-refractivity contribution in [3.8, 4) is 50.7 Å². The molecule has 1 amide bonds. The highest BCUT2D eigenvalue weighted by Gasteiger charge is 2.45. The number of hydrogen-bond acceptors (Lipinski definition) is 15. The summed E-state index contributed by atoms with van der Waals surface area (Å²) in [5, 5.41) is 44.2. The number of unbranched alkanes of at least 4 members (excludes halogenated alkanes) is 2. The van der Waals surface area contributed by atoms with E-state index < -0.39 is 54.3 Å². The van der Waals surface area contributed by atoms with Gasteiger partial charge in [0, 0.05) is 112 Å². The van der Waals surface area contributed by atoms with Crippen LogP contribution in [0.1, 0.15) is 113 Å². The van der Waals surface area contributed by atoms with Gasteiger partial charge in [0.2, 0.25) is 11.0 Å². The second kappa shape index (κ2) is 29.2. The monoisotopic (exact) mass is 1440 g/mol. The Morgan fingerprint density at radius 1 is 0.673 bits per heavy atom. The maximum absolute atomic E-state index is 14.4. The number of carbonyl (C=O) groups is 3. The molecule has 0 radical (unpaired) electrons. The van der Waals surface area contributed by atoms with Gasteiger partial charge in [-0.2, -0.15) is 21.4 Å². The summed E-state index contributed by atoms with van der Waals surface area (Å²) in [6.07, 6.45) is 11.7. The third-order valence-corrected chi connectivity index (χ3v) is 21.2. The summed E-state index contributed by atoms with van der Waals surface area (Å²) in [5.41, 5.74) is 7.49. The summed E-state index contributed by atoms with van der Waals surface area (Å²) < 4.78 is 92.1. The van der Waals surface area contributed by atoms with Gasteiger partial charge in [-0.3, -0.25) is 24.0 Å². The zero-order valence-electron chi connectivity index (χ0n) is 58.6. The van der Waals surface area contributed by atoms with Crippen LogP contribution >= 0.6 is 0 Å². The first-order chi connectivity index (χ1) is 49.5. The van der Waals surface area contributed by atoms with Crippen molar-refractivity contribution < 1.29 is 73.8 Å². The van der Waals surface area contributed by atoms with E-state index in [1.54, 1.807) is 48.5 Å². The first kappa shape index (κ1) is 73.1. The van der Waals surface area contributed by atoms with E-state index in [2.05, 4.69) is 25.4 Å². The first-order valence-electron chi connectivity index (χ1n) is 33.9. The number of aromatic carboxylic acids is 2. The third-order valence-electron chi connectivity index (χ3n) is 19.5. The van der Waals surface area contributed by atoms with Gasteiger partial charge in [-0.25, -0.2) is 14.2 Å². The first-order valence-corrected chi connectivity index (χ1v) is 36.8. The van der Waals surface area contributed by atoms with E-state index in [0.29, 0.717) is 94.6 Å². The second-order valence-electron chi connectivity index (χ2n) is 27.0. The molecule has 12 rings (SSSR count). The number of aromatic hydroxyl groups is 1. The highest BCUT2D eigenvalue weighted by Crippen LogP contribution is 2.50. The normalized spacial score (nSPS) is 14.6. The fourth-order valence-corrected chi connectivity index (χ4v) is 15.3. The summed E-state index contributed by atoms with van der Waals surface area (Å²) in [5.74, 6) is -2.88. The van der Waals surface area contributed by atoms with E-state index in [1.165, 1.54) is 54.6 Å². The van der Waals surface area contributed by atoms with Crippen molar-refractivity contribution in [2.45, 2.75) is 94.1 Å². The third kappa shape index (κ3) is 14.2. The zero-order valence-corrected chi connectivity index (χ0v) is 60.3. The zero-order chi connectivity index (χ0) is 74.3. The van der Waals surface area contributed by atoms with E-state index in [0.717, 1.165) is 51.3 Å². The SMILES string of the molecule is CCN1C(=CC=CC=CC2=[N+](CCCCCOCNCc3c4oc5c(CNC(=O)c6ccc(-c7c8ccc(=[N+](C)C)cc-8oc8cc(CNC)ccc78)c(C(=O)O)c6)c(O)ccc5c(-c5ccccc5C(=O)O)c-4ccc3=O)c3ccc(S(=O)(=O)O)cc3C2(C)C)C(C)(C)c2cc(S(=O)(=O)O)ccc21. The number of hydrogen-bond donors (Lipinski definition) is 8. The lowest BCUT2D eigenvalue weighted by molar-refractivity contribution is -0.438.